The largest absolute Gasteiger partial charge is 0.288 e. The van der Waals surface area contributed by atoms with E-state index in [0.717, 1.165) is 0 Å². The molecule has 0 saturated carbocycles. The Morgan fingerprint density at radius 2 is 1.57 bits per heavy atom. The van der Waals surface area contributed by atoms with Crippen LogP contribution in [0.2, 0.25) is 10.0 Å². The number of carbonyl (C=O) groups is 2. The smallest absolute Gasteiger partial charge is 0.258 e. The summed E-state index contributed by atoms with van der Waals surface area (Å²) >= 11 is 12.1. The van der Waals surface area contributed by atoms with Gasteiger partial charge in [0.15, 0.2) is 0 Å². The first-order valence-electron chi connectivity index (χ1n) is 6.18. The highest BCUT2D eigenvalue weighted by molar-refractivity contribution is 6.43. The van der Waals surface area contributed by atoms with Gasteiger partial charge in [-0.25, -0.2) is 0 Å². The molecule has 0 atom stereocenters. The van der Waals surface area contributed by atoms with Crippen molar-refractivity contribution in [1.29, 1.82) is 0 Å². The Hall–Kier alpha value is -2.10. The highest BCUT2D eigenvalue weighted by atomic mass is 35.5. The second-order valence-electron chi connectivity index (χ2n) is 4.53. The molecule has 0 unspecified atom stereocenters. The number of hydrogen-bond donors (Lipinski definition) is 1. The van der Waals surface area contributed by atoms with Gasteiger partial charge in [-0.2, -0.15) is 0 Å². The molecule has 0 bridgehead atoms. The standard InChI is InChI=1S/C16H9Cl2NO2/c17-13-7-3-4-9(14(13)18)8-12-10-5-1-2-6-11(10)15(20)19-16(12)21/h1-8H,(H,19,20,21). The van der Waals surface area contributed by atoms with Gasteiger partial charge in [-0.05, 0) is 29.3 Å². The molecule has 0 radical (unpaired) electrons. The van der Waals surface area contributed by atoms with Crippen molar-refractivity contribution in [3.05, 3.63) is 69.2 Å². The number of carbonyl (C=O) groups excluding carboxylic acids is 2. The van der Waals surface area contributed by atoms with Crippen LogP contribution in [0.1, 0.15) is 21.5 Å². The van der Waals surface area contributed by atoms with Crippen LogP contribution in [-0.4, -0.2) is 11.8 Å². The summed E-state index contributed by atoms with van der Waals surface area (Å²) in [5.41, 5.74) is 2.05. The summed E-state index contributed by atoms with van der Waals surface area (Å²) in [4.78, 5) is 23.9. The van der Waals surface area contributed by atoms with Crippen LogP contribution in [0.25, 0.3) is 11.6 Å². The minimum Gasteiger partial charge on any atom is -0.288 e. The number of amides is 2. The third-order valence-electron chi connectivity index (χ3n) is 3.21. The molecule has 0 aromatic heterocycles. The number of rotatable bonds is 1. The number of fused-ring (bicyclic) bond motifs is 1. The van der Waals surface area contributed by atoms with Gasteiger partial charge in [0.1, 0.15) is 0 Å². The minimum atomic E-state index is -0.449. The van der Waals surface area contributed by atoms with Gasteiger partial charge >= 0.3 is 0 Å². The van der Waals surface area contributed by atoms with Crippen molar-refractivity contribution in [2.24, 2.45) is 0 Å². The van der Waals surface area contributed by atoms with Crippen LogP contribution in [0.5, 0.6) is 0 Å². The topological polar surface area (TPSA) is 46.2 Å². The van der Waals surface area contributed by atoms with Crippen LogP contribution in [-0.2, 0) is 4.79 Å². The van der Waals surface area contributed by atoms with Crippen molar-refractivity contribution in [1.82, 2.24) is 5.32 Å². The summed E-state index contributed by atoms with van der Waals surface area (Å²) in [5, 5.41) is 3.10. The zero-order valence-electron chi connectivity index (χ0n) is 10.7. The van der Waals surface area contributed by atoms with Gasteiger partial charge in [0.25, 0.3) is 11.8 Å². The first kappa shape index (κ1) is 13.9. The van der Waals surface area contributed by atoms with E-state index in [1.165, 1.54) is 0 Å². The van der Waals surface area contributed by atoms with Gasteiger partial charge in [-0.3, -0.25) is 14.9 Å². The Morgan fingerprint density at radius 1 is 0.857 bits per heavy atom. The monoisotopic (exact) mass is 317 g/mol. The van der Waals surface area contributed by atoms with Gasteiger partial charge in [0.05, 0.1) is 10.0 Å². The van der Waals surface area contributed by atoms with E-state index in [4.69, 9.17) is 23.2 Å². The van der Waals surface area contributed by atoms with Crippen molar-refractivity contribution >= 4 is 46.7 Å². The summed E-state index contributed by atoms with van der Waals surface area (Å²) in [6.07, 6.45) is 1.63. The molecular weight excluding hydrogens is 309 g/mol. The van der Waals surface area contributed by atoms with Gasteiger partial charge in [-0.15, -0.1) is 0 Å². The van der Waals surface area contributed by atoms with E-state index in [0.29, 0.717) is 32.3 Å². The average molecular weight is 318 g/mol. The maximum absolute atomic E-state index is 12.1. The maximum atomic E-state index is 12.1. The minimum absolute atomic E-state index is 0.369. The fourth-order valence-electron chi connectivity index (χ4n) is 2.21. The van der Waals surface area contributed by atoms with Crippen LogP contribution < -0.4 is 5.32 Å². The first-order chi connectivity index (χ1) is 10.1. The molecule has 1 aliphatic heterocycles. The summed E-state index contributed by atoms with van der Waals surface area (Å²) in [6.45, 7) is 0. The predicted molar refractivity (Wildman–Crippen MR) is 83.2 cm³/mol. The quantitative estimate of drug-likeness (QED) is 0.642. The number of hydrogen-bond acceptors (Lipinski definition) is 2. The van der Waals surface area contributed by atoms with Gasteiger partial charge in [0, 0.05) is 11.1 Å². The average Bonchev–Trinajstić information content (AvgIpc) is 2.47. The van der Waals surface area contributed by atoms with E-state index in [1.54, 1.807) is 48.5 Å². The lowest BCUT2D eigenvalue weighted by Gasteiger charge is -2.18. The summed E-state index contributed by atoms with van der Waals surface area (Å²) in [6, 6.07) is 12.1. The Morgan fingerprint density at radius 3 is 2.33 bits per heavy atom. The number of benzene rings is 2. The number of halogens is 2. The van der Waals surface area contributed by atoms with E-state index in [2.05, 4.69) is 5.32 Å². The molecule has 3 rings (SSSR count). The van der Waals surface area contributed by atoms with E-state index in [9.17, 15) is 9.59 Å². The zero-order valence-corrected chi connectivity index (χ0v) is 12.2. The fourth-order valence-corrected chi connectivity index (χ4v) is 2.57. The van der Waals surface area contributed by atoms with Crippen molar-refractivity contribution in [2.45, 2.75) is 0 Å². The molecule has 1 heterocycles. The van der Waals surface area contributed by atoms with E-state index >= 15 is 0 Å². The normalized spacial score (nSPS) is 15.8. The lowest BCUT2D eigenvalue weighted by Crippen LogP contribution is -2.36. The van der Waals surface area contributed by atoms with E-state index < -0.39 is 11.8 Å². The summed E-state index contributed by atoms with van der Waals surface area (Å²) < 4.78 is 0. The van der Waals surface area contributed by atoms with Crippen molar-refractivity contribution in [2.75, 3.05) is 0 Å². The van der Waals surface area contributed by atoms with Crippen molar-refractivity contribution in [3.8, 4) is 0 Å². The lowest BCUT2D eigenvalue weighted by atomic mass is 9.93. The zero-order chi connectivity index (χ0) is 15.0. The third kappa shape index (κ3) is 2.46. The number of imide groups is 1. The molecule has 5 heteroatoms. The molecule has 0 aliphatic carbocycles. The highest BCUT2D eigenvalue weighted by Crippen LogP contribution is 2.31. The molecule has 3 nitrogen and oxygen atoms in total. The molecule has 0 saturated heterocycles. The summed E-state index contributed by atoms with van der Waals surface area (Å²) in [7, 11) is 0. The molecule has 1 N–H and O–H groups in total. The maximum Gasteiger partial charge on any atom is 0.258 e. The van der Waals surface area contributed by atoms with Crippen LogP contribution in [0.4, 0.5) is 0 Å². The first-order valence-corrected chi connectivity index (χ1v) is 6.94. The van der Waals surface area contributed by atoms with Gasteiger partial charge < -0.3 is 0 Å². The molecule has 104 valence electrons. The van der Waals surface area contributed by atoms with Crippen LogP contribution in [0, 0.1) is 0 Å². The van der Waals surface area contributed by atoms with Crippen LogP contribution >= 0.6 is 23.2 Å². The van der Waals surface area contributed by atoms with E-state index in [-0.39, 0.29) is 0 Å². The van der Waals surface area contributed by atoms with Crippen LogP contribution in [0.3, 0.4) is 0 Å². The summed E-state index contributed by atoms with van der Waals surface area (Å²) in [5.74, 6) is -0.848. The third-order valence-corrected chi connectivity index (χ3v) is 4.05. The molecule has 2 amide bonds. The Balaban J connectivity index is 2.20. The second kappa shape index (κ2) is 5.35. The molecule has 2 aromatic carbocycles. The molecule has 21 heavy (non-hydrogen) atoms. The van der Waals surface area contributed by atoms with Crippen LogP contribution in [0.15, 0.2) is 42.5 Å². The Labute approximate surface area is 131 Å². The molecule has 2 aromatic rings. The fraction of sp³-hybridized carbons (Fsp3) is 0. The molecule has 0 spiro atoms. The number of nitrogens with one attached hydrogen (secondary N) is 1. The van der Waals surface area contributed by atoms with Gasteiger partial charge in [-0.1, -0.05) is 53.5 Å². The molecule has 0 fully saturated rings. The molecular formula is C16H9Cl2NO2. The molecule has 1 aliphatic rings. The highest BCUT2D eigenvalue weighted by Gasteiger charge is 2.26. The predicted octanol–water partition coefficient (Wildman–Crippen LogP) is 3.80. The van der Waals surface area contributed by atoms with Crippen molar-refractivity contribution < 1.29 is 9.59 Å². The Kier molecular flexibility index (Phi) is 3.53. The second-order valence-corrected chi connectivity index (χ2v) is 5.32. The Bertz CT molecular complexity index is 797. The van der Waals surface area contributed by atoms with E-state index in [1.807, 2.05) is 0 Å². The SMILES string of the molecule is O=C1NC(=O)c2ccccc2C1=Cc1cccc(Cl)c1Cl. The lowest BCUT2D eigenvalue weighted by molar-refractivity contribution is -0.114. The van der Waals surface area contributed by atoms with Gasteiger partial charge in [0.2, 0.25) is 0 Å². The van der Waals surface area contributed by atoms with Crippen molar-refractivity contribution in [3.63, 3.8) is 0 Å².